The number of fused-ring (bicyclic) bond motifs is 6. The van der Waals surface area contributed by atoms with Gasteiger partial charge in [-0.2, -0.15) is 0 Å². The Morgan fingerprint density at radius 1 is 0.283 bits per heavy atom. The normalized spacial score (nSPS) is 12.5. The smallest absolute Gasteiger partial charge is 0.143 e. The third kappa shape index (κ3) is 3.61. The molecule has 0 spiro atoms. The summed E-state index contributed by atoms with van der Waals surface area (Å²) in [5.41, 5.74) is 6.65. The van der Waals surface area contributed by atoms with Crippen molar-refractivity contribution in [3.8, 4) is 22.3 Å². The van der Waals surface area contributed by atoms with Crippen LogP contribution in [0.4, 0.5) is 0 Å². The highest BCUT2D eigenvalue weighted by Crippen LogP contribution is 2.48. The van der Waals surface area contributed by atoms with Crippen molar-refractivity contribution in [1.29, 1.82) is 0 Å². The van der Waals surface area contributed by atoms with E-state index in [0.29, 0.717) is 0 Å². The Kier molecular flexibility index (Phi) is 5.17. The topological polar surface area (TPSA) is 13.1 Å². The first-order chi connectivity index (χ1) is 26.3. The molecule has 13 rings (SSSR count). The van der Waals surface area contributed by atoms with Gasteiger partial charge < -0.3 is 4.42 Å². The lowest BCUT2D eigenvalue weighted by Gasteiger charge is -2.17. The molecule has 1 heterocycles. The van der Waals surface area contributed by atoms with E-state index in [1.165, 1.54) is 108 Å². The van der Waals surface area contributed by atoms with E-state index in [-0.39, 0.29) is 0 Å². The van der Waals surface area contributed by atoms with Crippen molar-refractivity contribution in [3.05, 3.63) is 170 Å². The standard InChI is InChI=1S/C52H28O/c1-2-12-38-29(6-1)22-25-45-50(38)44-27-36-19-18-35(42-28-37-11-4-9-31-14-16-33-10-5-13-39(42)48(33)47(31)37)26-43(36)51(52(44)53-45)41-24-21-34-17-15-30-7-3-8-32-20-23-40(41)49(34)46(30)32/h1-28H. The fourth-order valence-corrected chi connectivity index (χ4v) is 9.78. The van der Waals surface area contributed by atoms with Crippen molar-refractivity contribution in [1.82, 2.24) is 0 Å². The molecule has 0 N–H and O–H groups in total. The van der Waals surface area contributed by atoms with Crippen LogP contribution in [0, 0.1) is 0 Å². The second kappa shape index (κ2) is 9.88. The number of benzene rings is 12. The molecule has 1 heteroatoms. The summed E-state index contributed by atoms with van der Waals surface area (Å²) in [5.74, 6) is 0. The van der Waals surface area contributed by atoms with Crippen molar-refractivity contribution in [2.24, 2.45) is 0 Å². The molecule has 0 fully saturated rings. The number of hydrogen-bond acceptors (Lipinski definition) is 1. The summed E-state index contributed by atoms with van der Waals surface area (Å²) in [6.45, 7) is 0. The zero-order chi connectivity index (χ0) is 34.4. The molecule has 0 aliphatic rings. The van der Waals surface area contributed by atoms with Crippen LogP contribution in [0.1, 0.15) is 0 Å². The van der Waals surface area contributed by atoms with Crippen molar-refractivity contribution < 1.29 is 4.42 Å². The van der Waals surface area contributed by atoms with Gasteiger partial charge in [0.05, 0.1) is 0 Å². The van der Waals surface area contributed by atoms with Crippen LogP contribution in [0.25, 0.3) is 130 Å². The third-order valence-corrected chi connectivity index (χ3v) is 12.1. The van der Waals surface area contributed by atoms with Crippen molar-refractivity contribution in [2.45, 2.75) is 0 Å². The van der Waals surface area contributed by atoms with Gasteiger partial charge in [0.25, 0.3) is 0 Å². The average molecular weight is 669 g/mol. The summed E-state index contributed by atoms with van der Waals surface area (Å²) < 4.78 is 7.05. The molecule has 1 aromatic heterocycles. The van der Waals surface area contributed by atoms with Crippen molar-refractivity contribution >= 4 is 108 Å². The number of rotatable bonds is 2. The third-order valence-electron chi connectivity index (χ3n) is 12.1. The Hall–Kier alpha value is -6.96. The summed E-state index contributed by atoms with van der Waals surface area (Å²) >= 11 is 0. The van der Waals surface area contributed by atoms with Crippen LogP contribution in [0.3, 0.4) is 0 Å². The largest absolute Gasteiger partial charge is 0.455 e. The Bertz CT molecular complexity index is 3660. The molecule has 242 valence electrons. The molecule has 0 bridgehead atoms. The maximum absolute atomic E-state index is 7.05. The summed E-state index contributed by atoms with van der Waals surface area (Å²) in [5, 5.41) is 22.6. The maximum Gasteiger partial charge on any atom is 0.143 e. The lowest BCUT2D eigenvalue weighted by atomic mass is 9.85. The van der Waals surface area contributed by atoms with Gasteiger partial charge in [0.1, 0.15) is 11.2 Å². The highest BCUT2D eigenvalue weighted by Gasteiger charge is 2.22. The summed E-state index contributed by atoms with van der Waals surface area (Å²) in [6, 6.07) is 63.2. The minimum atomic E-state index is 0.916. The van der Waals surface area contributed by atoms with Crippen LogP contribution < -0.4 is 0 Å². The Morgan fingerprint density at radius 3 is 1.66 bits per heavy atom. The quantitative estimate of drug-likeness (QED) is 0.167. The summed E-state index contributed by atoms with van der Waals surface area (Å²) in [4.78, 5) is 0. The molecular weight excluding hydrogens is 641 g/mol. The first-order valence-electron chi connectivity index (χ1n) is 18.4. The lowest BCUT2D eigenvalue weighted by molar-refractivity contribution is 0.671. The van der Waals surface area contributed by atoms with E-state index in [2.05, 4.69) is 170 Å². The molecule has 0 saturated heterocycles. The van der Waals surface area contributed by atoms with Gasteiger partial charge in [-0.1, -0.05) is 146 Å². The fourth-order valence-electron chi connectivity index (χ4n) is 9.78. The maximum atomic E-state index is 7.05. The van der Waals surface area contributed by atoms with Gasteiger partial charge in [-0.15, -0.1) is 0 Å². The predicted molar refractivity (Wildman–Crippen MR) is 227 cm³/mol. The number of hydrogen-bond donors (Lipinski definition) is 0. The lowest BCUT2D eigenvalue weighted by Crippen LogP contribution is -1.91. The molecule has 0 aliphatic heterocycles. The second-order valence-corrected chi connectivity index (χ2v) is 14.8. The second-order valence-electron chi connectivity index (χ2n) is 14.8. The molecule has 13 aromatic rings. The van der Waals surface area contributed by atoms with Crippen molar-refractivity contribution in [3.63, 3.8) is 0 Å². The molecule has 0 atom stereocenters. The van der Waals surface area contributed by atoms with Gasteiger partial charge in [0, 0.05) is 16.3 Å². The zero-order valence-electron chi connectivity index (χ0n) is 28.6. The molecule has 1 nitrogen and oxygen atoms in total. The molecule has 0 radical (unpaired) electrons. The monoisotopic (exact) mass is 668 g/mol. The highest BCUT2D eigenvalue weighted by molar-refractivity contribution is 6.31. The summed E-state index contributed by atoms with van der Waals surface area (Å²) in [6.07, 6.45) is 0. The van der Waals surface area contributed by atoms with Crippen LogP contribution >= 0.6 is 0 Å². The summed E-state index contributed by atoms with van der Waals surface area (Å²) in [7, 11) is 0. The predicted octanol–water partition coefficient (Wildman–Crippen LogP) is 15.0. The SMILES string of the molecule is c1ccc2c(c1)ccc1oc3c(-c4ccc5ccc6cccc7ccc4c5c67)c4cc(-c5cc6cccc7ccc8cccc5c8c76)ccc4cc3c12. The van der Waals surface area contributed by atoms with Gasteiger partial charge >= 0.3 is 0 Å². The van der Waals surface area contributed by atoms with Gasteiger partial charge in [-0.05, 0) is 127 Å². The van der Waals surface area contributed by atoms with E-state index in [0.717, 1.165) is 22.1 Å². The minimum Gasteiger partial charge on any atom is -0.455 e. The van der Waals surface area contributed by atoms with Crippen LogP contribution in [-0.2, 0) is 0 Å². The first-order valence-corrected chi connectivity index (χ1v) is 18.4. The molecule has 0 aliphatic carbocycles. The zero-order valence-corrected chi connectivity index (χ0v) is 28.6. The van der Waals surface area contributed by atoms with E-state index in [1.54, 1.807) is 0 Å². The van der Waals surface area contributed by atoms with E-state index in [4.69, 9.17) is 4.42 Å². The van der Waals surface area contributed by atoms with Crippen LogP contribution in [0.2, 0.25) is 0 Å². The Balaban J connectivity index is 1.20. The first kappa shape index (κ1) is 27.7. The molecule has 53 heavy (non-hydrogen) atoms. The molecule has 12 aromatic carbocycles. The molecule has 0 amide bonds. The number of furan rings is 1. The molecule has 0 saturated carbocycles. The van der Waals surface area contributed by atoms with Crippen LogP contribution in [0.15, 0.2) is 174 Å². The van der Waals surface area contributed by atoms with E-state index in [1.807, 2.05) is 0 Å². The highest BCUT2D eigenvalue weighted by atomic mass is 16.3. The van der Waals surface area contributed by atoms with Gasteiger partial charge in [0.2, 0.25) is 0 Å². The average Bonchev–Trinajstić information content (AvgIpc) is 3.59. The van der Waals surface area contributed by atoms with Crippen LogP contribution in [-0.4, -0.2) is 0 Å². The van der Waals surface area contributed by atoms with E-state index >= 15 is 0 Å². The molecule has 0 unspecified atom stereocenters. The van der Waals surface area contributed by atoms with Gasteiger partial charge in [-0.3, -0.25) is 0 Å². The Labute approximate surface area is 303 Å². The van der Waals surface area contributed by atoms with E-state index < -0.39 is 0 Å². The van der Waals surface area contributed by atoms with Gasteiger partial charge in [0.15, 0.2) is 0 Å². The minimum absolute atomic E-state index is 0.916. The van der Waals surface area contributed by atoms with Crippen LogP contribution in [0.5, 0.6) is 0 Å². The van der Waals surface area contributed by atoms with E-state index in [9.17, 15) is 0 Å². The Morgan fingerprint density at radius 2 is 0.849 bits per heavy atom. The molecular formula is C52H28O. The van der Waals surface area contributed by atoms with Crippen molar-refractivity contribution in [2.75, 3.05) is 0 Å². The fraction of sp³-hybridized carbons (Fsp3) is 0. The van der Waals surface area contributed by atoms with Gasteiger partial charge in [-0.25, -0.2) is 0 Å².